The van der Waals surface area contributed by atoms with Crippen molar-refractivity contribution in [1.82, 2.24) is 10.2 Å². The Morgan fingerprint density at radius 1 is 1.04 bits per heavy atom. The maximum Gasteiger partial charge on any atom is 0.247 e. The van der Waals surface area contributed by atoms with E-state index in [1.54, 1.807) is 6.92 Å². The molecular formula is C17H14F2N2OS. The van der Waals surface area contributed by atoms with E-state index in [1.165, 1.54) is 0 Å². The molecule has 0 aliphatic heterocycles. The molecule has 0 radical (unpaired) electrons. The van der Waals surface area contributed by atoms with Crippen LogP contribution < -0.4 is 0 Å². The summed E-state index contributed by atoms with van der Waals surface area (Å²) in [6, 6.07) is 11.1. The molecule has 0 amide bonds. The third-order valence-corrected chi connectivity index (χ3v) is 4.41. The van der Waals surface area contributed by atoms with Crippen LogP contribution in [0.3, 0.4) is 0 Å². The van der Waals surface area contributed by atoms with Crippen LogP contribution in [-0.4, -0.2) is 10.2 Å². The molecule has 0 saturated carbocycles. The van der Waals surface area contributed by atoms with Gasteiger partial charge in [-0.05, 0) is 44.2 Å². The summed E-state index contributed by atoms with van der Waals surface area (Å²) >= 11 is 1.14. The first-order valence-corrected chi connectivity index (χ1v) is 7.93. The van der Waals surface area contributed by atoms with E-state index in [-0.39, 0.29) is 10.1 Å². The number of thioether (sulfide) groups is 1. The second kappa shape index (κ2) is 6.50. The molecule has 1 atom stereocenters. The van der Waals surface area contributed by atoms with Gasteiger partial charge < -0.3 is 4.42 Å². The Labute approximate surface area is 136 Å². The fraction of sp³-hybridized carbons (Fsp3) is 0.176. The first-order valence-electron chi connectivity index (χ1n) is 7.05. The van der Waals surface area contributed by atoms with Gasteiger partial charge >= 0.3 is 0 Å². The van der Waals surface area contributed by atoms with E-state index in [2.05, 4.69) is 10.2 Å². The average molecular weight is 332 g/mol. The molecule has 0 fully saturated rings. The molecule has 0 spiro atoms. The minimum Gasteiger partial charge on any atom is -0.419 e. The molecule has 0 aliphatic carbocycles. The van der Waals surface area contributed by atoms with Crippen LogP contribution in [0.5, 0.6) is 0 Å². The Morgan fingerprint density at radius 2 is 1.78 bits per heavy atom. The van der Waals surface area contributed by atoms with Crippen LogP contribution in [0.1, 0.15) is 23.6 Å². The van der Waals surface area contributed by atoms with E-state index in [4.69, 9.17) is 4.42 Å². The van der Waals surface area contributed by atoms with E-state index in [0.29, 0.717) is 11.8 Å². The van der Waals surface area contributed by atoms with E-state index in [1.807, 2.05) is 31.2 Å². The van der Waals surface area contributed by atoms with Crippen LogP contribution in [0, 0.1) is 18.6 Å². The highest BCUT2D eigenvalue weighted by Crippen LogP contribution is 2.36. The first-order chi connectivity index (χ1) is 11.0. The molecule has 23 heavy (non-hydrogen) atoms. The summed E-state index contributed by atoms with van der Waals surface area (Å²) in [7, 11) is 0. The lowest BCUT2D eigenvalue weighted by Crippen LogP contribution is -1.91. The summed E-state index contributed by atoms with van der Waals surface area (Å²) in [5.41, 5.74) is 1.96. The minimum absolute atomic E-state index is 0.215. The number of hydrogen-bond donors (Lipinski definition) is 0. The molecule has 0 N–H and O–H groups in total. The van der Waals surface area contributed by atoms with Gasteiger partial charge in [0.2, 0.25) is 11.8 Å². The van der Waals surface area contributed by atoms with E-state index < -0.39 is 11.6 Å². The predicted molar refractivity (Wildman–Crippen MR) is 85.1 cm³/mol. The molecular weight excluding hydrogens is 318 g/mol. The zero-order valence-corrected chi connectivity index (χ0v) is 13.4. The molecule has 3 aromatic rings. The zero-order valence-electron chi connectivity index (χ0n) is 12.6. The van der Waals surface area contributed by atoms with Gasteiger partial charge in [0.05, 0.1) is 5.25 Å². The number of rotatable bonds is 4. The predicted octanol–water partition coefficient (Wildman–Crippen LogP) is 5.18. The quantitative estimate of drug-likeness (QED) is 0.617. The Morgan fingerprint density at radius 3 is 2.52 bits per heavy atom. The molecule has 6 heteroatoms. The molecule has 0 unspecified atom stereocenters. The first kappa shape index (κ1) is 15.7. The van der Waals surface area contributed by atoms with Crippen molar-refractivity contribution in [2.24, 2.45) is 0 Å². The maximum absolute atomic E-state index is 13.7. The summed E-state index contributed by atoms with van der Waals surface area (Å²) < 4.78 is 32.6. The van der Waals surface area contributed by atoms with Crippen molar-refractivity contribution in [1.29, 1.82) is 0 Å². The number of aromatic nitrogens is 2. The second-order valence-corrected chi connectivity index (χ2v) is 6.53. The Bertz CT molecular complexity index is 818. The van der Waals surface area contributed by atoms with Crippen molar-refractivity contribution < 1.29 is 13.2 Å². The Balaban J connectivity index is 1.79. The fourth-order valence-corrected chi connectivity index (χ4v) is 2.96. The third kappa shape index (κ3) is 3.59. The highest BCUT2D eigenvalue weighted by molar-refractivity contribution is 7.99. The van der Waals surface area contributed by atoms with Gasteiger partial charge in [0, 0.05) is 10.5 Å². The van der Waals surface area contributed by atoms with E-state index in [0.717, 1.165) is 41.1 Å². The fourth-order valence-electron chi connectivity index (χ4n) is 2.02. The Kier molecular flexibility index (Phi) is 4.43. The molecule has 118 valence electrons. The number of benzene rings is 2. The number of hydrogen-bond acceptors (Lipinski definition) is 4. The SMILES string of the molecule is Cc1ccc(-c2nnc([C@@H](C)Sc3cc(F)ccc3F)o2)cc1. The lowest BCUT2D eigenvalue weighted by Gasteiger charge is -2.07. The molecule has 3 nitrogen and oxygen atoms in total. The molecule has 0 aliphatic rings. The minimum atomic E-state index is -0.480. The van der Waals surface area contributed by atoms with Crippen molar-refractivity contribution in [2.45, 2.75) is 24.0 Å². The van der Waals surface area contributed by atoms with Gasteiger partial charge in [-0.25, -0.2) is 8.78 Å². The summed E-state index contributed by atoms with van der Waals surface area (Å²) in [5.74, 6) is -0.171. The van der Waals surface area contributed by atoms with Gasteiger partial charge in [-0.1, -0.05) is 17.7 Å². The number of nitrogens with zero attached hydrogens (tertiary/aromatic N) is 2. The van der Waals surface area contributed by atoms with Crippen LogP contribution >= 0.6 is 11.8 Å². The standard InChI is InChI=1S/C17H14F2N2OS/c1-10-3-5-12(6-4-10)17-21-20-16(22-17)11(2)23-15-9-13(18)7-8-14(15)19/h3-9,11H,1-2H3/t11-/m1/s1. The van der Waals surface area contributed by atoms with Gasteiger partial charge in [0.25, 0.3) is 0 Å². The molecule has 1 aromatic heterocycles. The van der Waals surface area contributed by atoms with E-state index >= 15 is 0 Å². The smallest absolute Gasteiger partial charge is 0.247 e. The van der Waals surface area contributed by atoms with Crippen LogP contribution in [0.2, 0.25) is 0 Å². The van der Waals surface area contributed by atoms with Crippen LogP contribution in [0.15, 0.2) is 51.8 Å². The van der Waals surface area contributed by atoms with Crippen LogP contribution in [0.25, 0.3) is 11.5 Å². The molecule has 3 rings (SSSR count). The van der Waals surface area contributed by atoms with Crippen molar-refractivity contribution in [3.05, 3.63) is 65.6 Å². The molecule has 1 heterocycles. The summed E-state index contributed by atoms with van der Waals surface area (Å²) in [5, 5.41) is 7.74. The maximum atomic E-state index is 13.7. The van der Waals surface area contributed by atoms with E-state index in [9.17, 15) is 8.78 Å². The normalized spacial score (nSPS) is 12.3. The number of halogens is 2. The van der Waals surface area contributed by atoms with Gasteiger partial charge in [-0.3, -0.25) is 0 Å². The second-order valence-electron chi connectivity index (χ2n) is 5.15. The van der Waals surface area contributed by atoms with Crippen molar-refractivity contribution in [3.63, 3.8) is 0 Å². The summed E-state index contributed by atoms with van der Waals surface area (Å²) in [6.45, 7) is 3.80. The lowest BCUT2D eigenvalue weighted by atomic mass is 10.1. The summed E-state index contributed by atoms with van der Waals surface area (Å²) in [4.78, 5) is 0.215. The molecule has 0 saturated heterocycles. The zero-order chi connectivity index (χ0) is 16.4. The van der Waals surface area contributed by atoms with Crippen LogP contribution in [0.4, 0.5) is 8.78 Å². The molecule has 2 aromatic carbocycles. The van der Waals surface area contributed by atoms with Gasteiger partial charge in [0.1, 0.15) is 11.6 Å². The Hall–Kier alpha value is -2.21. The van der Waals surface area contributed by atoms with Crippen molar-refractivity contribution >= 4 is 11.8 Å². The third-order valence-electron chi connectivity index (χ3n) is 3.28. The van der Waals surface area contributed by atoms with Gasteiger partial charge in [-0.2, -0.15) is 0 Å². The largest absolute Gasteiger partial charge is 0.419 e. The van der Waals surface area contributed by atoms with Crippen molar-refractivity contribution in [3.8, 4) is 11.5 Å². The lowest BCUT2D eigenvalue weighted by molar-refractivity contribution is 0.508. The highest BCUT2D eigenvalue weighted by Gasteiger charge is 2.18. The highest BCUT2D eigenvalue weighted by atomic mass is 32.2. The van der Waals surface area contributed by atoms with Gasteiger partial charge in [0.15, 0.2) is 0 Å². The van der Waals surface area contributed by atoms with Gasteiger partial charge in [-0.15, -0.1) is 22.0 Å². The number of aryl methyl sites for hydroxylation is 1. The molecule has 0 bridgehead atoms. The van der Waals surface area contributed by atoms with Crippen LogP contribution in [-0.2, 0) is 0 Å². The average Bonchev–Trinajstić information content (AvgIpc) is 3.02. The van der Waals surface area contributed by atoms with Crippen molar-refractivity contribution in [2.75, 3.05) is 0 Å². The monoisotopic (exact) mass is 332 g/mol. The summed E-state index contributed by atoms with van der Waals surface area (Å²) in [6.07, 6.45) is 0. The topological polar surface area (TPSA) is 38.9 Å².